The Morgan fingerprint density at radius 3 is 2.68 bits per heavy atom. The molecule has 1 saturated carbocycles. The molecular formula is C16H23NO2. The molecule has 0 unspecified atom stereocenters. The van der Waals surface area contributed by atoms with Crippen LogP contribution in [0.25, 0.3) is 0 Å². The zero-order valence-corrected chi connectivity index (χ0v) is 11.6. The largest absolute Gasteiger partial charge is 0.497 e. The quantitative estimate of drug-likeness (QED) is 0.883. The van der Waals surface area contributed by atoms with Crippen LogP contribution in [0.4, 0.5) is 0 Å². The van der Waals surface area contributed by atoms with Crippen LogP contribution in [0.3, 0.4) is 0 Å². The van der Waals surface area contributed by atoms with Crippen molar-refractivity contribution in [2.24, 2.45) is 5.92 Å². The summed E-state index contributed by atoms with van der Waals surface area (Å²) in [5, 5.41) is 3.78. The number of hydrogen-bond acceptors (Lipinski definition) is 3. The highest BCUT2D eigenvalue weighted by molar-refractivity contribution is 5.27. The minimum Gasteiger partial charge on any atom is -0.497 e. The number of rotatable bonds is 5. The van der Waals surface area contributed by atoms with E-state index in [9.17, 15) is 0 Å². The van der Waals surface area contributed by atoms with Gasteiger partial charge in [-0.3, -0.25) is 0 Å². The Labute approximate surface area is 115 Å². The van der Waals surface area contributed by atoms with Crippen molar-refractivity contribution in [2.75, 3.05) is 20.3 Å². The molecule has 3 heteroatoms. The zero-order chi connectivity index (χ0) is 13.1. The van der Waals surface area contributed by atoms with Gasteiger partial charge < -0.3 is 14.8 Å². The first-order valence-corrected chi connectivity index (χ1v) is 7.32. The second-order valence-corrected chi connectivity index (χ2v) is 5.72. The summed E-state index contributed by atoms with van der Waals surface area (Å²) in [5.74, 6) is 1.53. The van der Waals surface area contributed by atoms with Gasteiger partial charge in [-0.15, -0.1) is 0 Å². The maximum absolute atomic E-state index is 5.67. The van der Waals surface area contributed by atoms with E-state index in [-0.39, 0.29) is 0 Å². The van der Waals surface area contributed by atoms with Gasteiger partial charge in [0.25, 0.3) is 0 Å². The van der Waals surface area contributed by atoms with Crippen molar-refractivity contribution in [1.29, 1.82) is 0 Å². The summed E-state index contributed by atoms with van der Waals surface area (Å²) >= 11 is 0. The lowest BCUT2D eigenvalue weighted by molar-refractivity contribution is 0.0316. The van der Waals surface area contributed by atoms with Crippen LogP contribution in [-0.2, 0) is 11.2 Å². The van der Waals surface area contributed by atoms with E-state index in [1.807, 2.05) is 12.1 Å². The van der Waals surface area contributed by atoms with Crippen molar-refractivity contribution in [3.05, 3.63) is 29.8 Å². The molecule has 1 saturated heterocycles. The second kappa shape index (κ2) is 5.93. The Morgan fingerprint density at radius 2 is 2.00 bits per heavy atom. The summed E-state index contributed by atoms with van der Waals surface area (Å²) in [5.41, 5.74) is 1.37. The van der Waals surface area contributed by atoms with Crippen molar-refractivity contribution < 1.29 is 9.47 Å². The van der Waals surface area contributed by atoms with E-state index in [0.29, 0.717) is 12.0 Å². The molecule has 0 aromatic heterocycles. The van der Waals surface area contributed by atoms with Gasteiger partial charge in [-0.25, -0.2) is 0 Å². The summed E-state index contributed by atoms with van der Waals surface area (Å²) in [4.78, 5) is 0. The van der Waals surface area contributed by atoms with Crippen LogP contribution in [0, 0.1) is 5.92 Å². The summed E-state index contributed by atoms with van der Waals surface area (Å²) < 4.78 is 10.9. The molecule has 3 nitrogen and oxygen atoms in total. The molecule has 1 aromatic rings. The fraction of sp³-hybridized carbons (Fsp3) is 0.625. The minimum absolute atomic E-state index is 0.600. The van der Waals surface area contributed by atoms with Crippen molar-refractivity contribution in [3.8, 4) is 5.75 Å². The van der Waals surface area contributed by atoms with E-state index in [1.54, 1.807) is 7.11 Å². The minimum atomic E-state index is 0.600. The van der Waals surface area contributed by atoms with Crippen LogP contribution >= 0.6 is 0 Å². The van der Waals surface area contributed by atoms with Crippen molar-refractivity contribution in [3.63, 3.8) is 0 Å². The predicted molar refractivity (Wildman–Crippen MR) is 75.6 cm³/mol. The van der Waals surface area contributed by atoms with Gasteiger partial charge in [-0.05, 0) is 43.4 Å². The topological polar surface area (TPSA) is 30.5 Å². The number of methoxy groups -OCH3 is 1. The standard InChI is InChI=1S/C16H23NO2/c1-18-15-6-2-12(3-7-15)10-13-11-19-9-8-16(13)17-14-4-5-14/h2-3,6-7,13-14,16-17H,4-5,8-11H2,1H3/t13-,16+/m1/s1. The fourth-order valence-corrected chi connectivity index (χ4v) is 2.83. The van der Waals surface area contributed by atoms with Gasteiger partial charge in [0.15, 0.2) is 0 Å². The van der Waals surface area contributed by atoms with Gasteiger partial charge in [-0.1, -0.05) is 12.1 Å². The van der Waals surface area contributed by atoms with Crippen LogP contribution in [0.15, 0.2) is 24.3 Å². The molecule has 1 aliphatic carbocycles. The molecule has 1 aliphatic heterocycles. The smallest absolute Gasteiger partial charge is 0.118 e. The monoisotopic (exact) mass is 261 g/mol. The predicted octanol–water partition coefficient (Wildman–Crippen LogP) is 2.39. The summed E-state index contributed by atoms with van der Waals surface area (Å²) in [7, 11) is 1.71. The van der Waals surface area contributed by atoms with Crippen LogP contribution in [0.5, 0.6) is 5.75 Å². The van der Waals surface area contributed by atoms with Crippen LogP contribution in [-0.4, -0.2) is 32.4 Å². The second-order valence-electron chi connectivity index (χ2n) is 5.72. The summed E-state index contributed by atoms with van der Waals surface area (Å²) in [6.45, 7) is 1.79. The molecule has 2 fully saturated rings. The first-order chi connectivity index (χ1) is 9.35. The maximum Gasteiger partial charge on any atom is 0.118 e. The van der Waals surface area contributed by atoms with Gasteiger partial charge in [0.1, 0.15) is 5.75 Å². The molecular weight excluding hydrogens is 238 g/mol. The van der Waals surface area contributed by atoms with E-state index in [1.165, 1.54) is 18.4 Å². The summed E-state index contributed by atoms with van der Waals surface area (Å²) in [6, 6.07) is 9.83. The average molecular weight is 261 g/mol. The third-order valence-corrected chi connectivity index (χ3v) is 4.16. The molecule has 104 valence electrons. The summed E-state index contributed by atoms with van der Waals surface area (Å²) in [6.07, 6.45) is 4.95. The Kier molecular flexibility index (Phi) is 4.04. The Morgan fingerprint density at radius 1 is 1.21 bits per heavy atom. The van der Waals surface area contributed by atoms with Gasteiger partial charge >= 0.3 is 0 Å². The van der Waals surface area contributed by atoms with E-state index < -0.39 is 0 Å². The van der Waals surface area contributed by atoms with E-state index >= 15 is 0 Å². The Balaban J connectivity index is 1.61. The first kappa shape index (κ1) is 12.9. The molecule has 0 bridgehead atoms. The molecule has 19 heavy (non-hydrogen) atoms. The number of benzene rings is 1. The molecule has 1 heterocycles. The van der Waals surface area contributed by atoms with Gasteiger partial charge in [0.05, 0.1) is 13.7 Å². The normalized spacial score (nSPS) is 27.2. The molecule has 1 aromatic carbocycles. The Hall–Kier alpha value is -1.06. The third-order valence-electron chi connectivity index (χ3n) is 4.16. The lowest BCUT2D eigenvalue weighted by Gasteiger charge is -2.32. The van der Waals surface area contributed by atoms with Crippen LogP contribution in [0.1, 0.15) is 24.8 Å². The zero-order valence-electron chi connectivity index (χ0n) is 11.6. The van der Waals surface area contributed by atoms with Gasteiger partial charge in [0.2, 0.25) is 0 Å². The van der Waals surface area contributed by atoms with Crippen molar-refractivity contribution in [1.82, 2.24) is 5.32 Å². The Bertz CT molecular complexity index is 400. The number of ether oxygens (including phenoxy) is 2. The van der Waals surface area contributed by atoms with E-state index in [2.05, 4.69) is 17.4 Å². The highest BCUT2D eigenvalue weighted by atomic mass is 16.5. The molecule has 0 amide bonds. The first-order valence-electron chi connectivity index (χ1n) is 7.32. The SMILES string of the molecule is COc1ccc(C[C@@H]2COCC[C@@H]2NC2CC2)cc1. The van der Waals surface area contributed by atoms with Crippen LogP contribution < -0.4 is 10.1 Å². The highest BCUT2D eigenvalue weighted by Crippen LogP contribution is 2.26. The molecule has 0 radical (unpaired) electrons. The maximum atomic E-state index is 5.67. The van der Waals surface area contributed by atoms with E-state index in [4.69, 9.17) is 9.47 Å². The van der Waals surface area contributed by atoms with Crippen molar-refractivity contribution in [2.45, 2.75) is 37.8 Å². The molecule has 3 rings (SSSR count). The van der Waals surface area contributed by atoms with Crippen molar-refractivity contribution >= 4 is 0 Å². The third kappa shape index (κ3) is 3.48. The fourth-order valence-electron chi connectivity index (χ4n) is 2.83. The van der Waals surface area contributed by atoms with Crippen LogP contribution in [0.2, 0.25) is 0 Å². The number of nitrogens with one attached hydrogen (secondary N) is 1. The molecule has 2 atom stereocenters. The molecule has 2 aliphatic rings. The van der Waals surface area contributed by atoms with Gasteiger partial charge in [-0.2, -0.15) is 0 Å². The number of hydrogen-bond donors (Lipinski definition) is 1. The average Bonchev–Trinajstić information content (AvgIpc) is 3.26. The highest BCUT2D eigenvalue weighted by Gasteiger charge is 2.31. The molecule has 1 N–H and O–H groups in total. The van der Waals surface area contributed by atoms with Gasteiger partial charge in [0, 0.05) is 24.6 Å². The lowest BCUT2D eigenvalue weighted by atomic mass is 9.89. The van der Waals surface area contributed by atoms with E-state index in [0.717, 1.165) is 37.8 Å². The molecule has 0 spiro atoms. The lowest BCUT2D eigenvalue weighted by Crippen LogP contribution is -2.44.